The van der Waals surface area contributed by atoms with Crippen molar-refractivity contribution in [3.8, 4) is 0 Å². The predicted octanol–water partition coefficient (Wildman–Crippen LogP) is 0.173. The summed E-state index contributed by atoms with van der Waals surface area (Å²) in [4.78, 5) is 0. The van der Waals surface area contributed by atoms with E-state index in [1.54, 1.807) is 21.0 Å². The fraction of sp³-hybridized carbons (Fsp3) is 1.00. The van der Waals surface area contributed by atoms with Crippen molar-refractivity contribution in [2.24, 2.45) is 5.73 Å². The zero-order chi connectivity index (χ0) is 10.5. The molecule has 0 aliphatic rings. The summed E-state index contributed by atoms with van der Waals surface area (Å²) in [6.45, 7) is 3.86. The van der Waals surface area contributed by atoms with E-state index in [0.717, 1.165) is 0 Å². The topological polar surface area (TPSA) is 69.4 Å². The highest BCUT2D eigenvalue weighted by molar-refractivity contribution is 7.92. The summed E-state index contributed by atoms with van der Waals surface area (Å²) >= 11 is 0. The summed E-state index contributed by atoms with van der Waals surface area (Å²) in [7, 11) is -1.48. The number of nitrogens with two attached hydrogens (primary N) is 1. The zero-order valence-corrected chi connectivity index (χ0v) is 9.30. The molecule has 0 bridgehead atoms. The van der Waals surface area contributed by atoms with Crippen molar-refractivity contribution in [3.63, 3.8) is 0 Å². The maximum Gasteiger partial charge on any atom is 0.154 e. The van der Waals surface area contributed by atoms with Gasteiger partial charge in [-0.15, -0.1) is 0 Å². The van der Waals surface area contributed by atoms with Crippen LogP contribution in [0, 0.1) is 0 Å². The summed E-state index contributed by atoms with van der Waals surface area (Å²) < 4.78 is 27.8. The summed E-state index contributed by atoms with van der Waals surface area (Å²) in [5, 5.41) is -0.363. The minimum Gasteiger partial charge on any atom is -0.385 e. The number of methoxy groups -OCH3 is 1. The van der Waals surface area contributed by atoms with E-state index in [9.17, 15) is 8.42 Å². The second-order valence-corrected chi connectivity index (χ2v) is 5.86. The lowest BCUT2D eigenvalue weighted by molar-refractivity contribution is 0.194. The van der Waals surface area contributed by atoms with Crippen molar-refractivity contribution in [1.82, 2.24) is 0 Å². The van der Waals surface area contributed by atoms with Gasteiger partial charge in [0.25, 0.3) is 0 Å². The number of hydrogen-bond donors (Lipinski definition) is 1. The molecular weight excluding hydrogens is 190 g/mol. The van der Waals surface area contributed by atoms with Crippen LogP contribution in [0.2, 0.25) is 0 Å². The zero-order valence-electron chi connectivity index (χ0n) is 8.49. The largest absolute Gasteiger partial charge is 0.385 e. The van der Waals surface area contributed by atoms with E-state index in [1.165, 1.54) is 0 Å². The molecule has 0 aliphatic carbocycles. The van der Waals surface area contributed by atoms with E-state index in [4.69, 9.17) is 10.5 Å². The average molecular weight is 209 g/mol. The van der Waals surface area contributed by atoms with Crippen LogP contribution in [0.3, 0.4) is 0 Å². The molecule has 80 valence electrons. The molecule has 2 unspecified atom stereocenters. The normalized spacial score (nSPS) is 16.9. The Bertz CT molecular complexity index is 224. The summed E-state index contributed by atoms with van der Waals surface area (Å²) in [5.74, 6) is 0.0535. The molecule has 0 heterocycles. The van der Waals surface area contributed by atoms with Crippen LogP contribution in [-0.2, 0) is 14.6 Å². The number of hydrogen-bond acceptors (Lipinski definition) is 4. The SMILES string of the molecule is COCCC(C)S(=O)(=O)CC(C)N. The first-order valence-corrected chi connectivity index (χ1v) is 6.07. The fourth-order valence-corrected chi connectivity index (χ4v) is 2.51. The van der Waals surface area contributed by atoms with Gasteiger partial charge in [-0.3, -0.25) is 0 Å². The van der Waals surface area contributed by atoms with E-state index >= 15 is 0 Å². The molecule has 0 spiro atoms. The van der Waals surface area contributed by atoms with Crippen LogP contribution < -0.4 is 5.73 Å². The van der Waals surface area contributed by atoms with Crippen LogP contribution in [0.15, 0.2) is 0 Å². The van der Waals surface area contributed by atoms with Gasteiger partial charge in [0, 0.05) is 19.8 Å². The van der Waals surface area contributed by atoms with Crippen LogP contribution in [0.5, 0.6) is 0 Å². The molecule has 0 aliphatic heterocycles. The summed E-state index contributed by atoms with van der Waals surface area (Å²) in [5.41, 5.74) is 5.43. The van der Waals surface area contributed by atoms with Crippen LogP contribution in [-0.4, -0.2) is 39.2 Å². The van der Waals surface area contributed by atoms with E-state index in [-0.39, 0.29) is 17.0 Å². The first-order valence-electron chi connectivity index (χ1n) is 4.36. The minimum atomic E-state index is -3.04. The molecule has 0 saturated heterocycles. The summed E-state index contributed by atoms with van der Waals surface area (Å²) in [6.07, 6.45) is 0.533. The number of ether oxygens (including phenoxy) is 1. The molecular formula is C8H19NO3S. The molecule has 0 aromatic carbocycles. The highest BCUT2D eigenvalue weighted by Crippen LogP contribution is 2.07. The lowest BCUT2D eigenvalue weighted by Gasteiger charge is -2.13. The van der Waals surface area contributed by atoms with Gasteiger partial charge in [0.2, 0.25) is 0 Å². The molecule has 2 N–H and O–H groups in total. The Balaban J connectivity index is 4.12. The van der Waals surface area contributed by atoms with Gasteiger partial charge < -0.3 is 10.5 Å². The van der Waals surface area contributed by atoms with Gasteiger partial charge >= 0.3 is 0 Å². The van der Waals surface area contributed by atoms with Gasteiger partial charge in [-0.25, -0.2) is 8.42 Å². The van der Waals surface area contributed by atoms with Gasteiger partial charge in [-0.05, 0) is 20.3 Å². The van der Waals surface area contributed by atoms with Crippen LogP contribution in [0.25, 0.3) is 0 Å². The molecule has 2 atom stereocenters. The second-order valence-electron chi connectivity index (χ2n) is 3.40. The van der Waals surface area contributed by atoms with Crippen LogP contribution in [0.1, 0.15) is 20.3 Å². The highest BCUT2D eigenvalue weighted by Gasteiger charge is 2.21. The smallest absolute Gasteiger partial charge is 0.154 e. The fourth-order valence-electron chi connectivity index (χ4n) is 0.994. The van der Waals surface area contributed by atoms with Gasteiger partial charge in [0.1, 0.15) is 0 Å². The Morgan fingerprint density at radius 3 is 2.31 bits per heavy atom. The van der Waals surface area contributed by atoms with Crippen molar-refractivity contribution in [3.05, 3.63) is 0 Å². The molecule has 0 saturated carbocycles. The standard InChI is InChI=1S/C8H19NO3S/c1-7(9)6-13(10,11)8(2)4-5-12-3/h7-8H,4-6,9H2,1-3H3. The molecule has 13 heavy (non-hydrogen) atoms. The molecule has 0 radical (unpaired) electrons. The Morgan fingerprint density at radius 1 is 1.38 bits per heavy atom. The van der Waals surface area contributed by atoms with Crippen molar-refractivity contribution < 1.29 is 13.2 Å². The van der Waals surface area contributed by atoms with Gasteiger partial charge in [0.15, 0.2) is 9.84 Å². The Labute approximate surface area is 80.4 Å². The first-order chi connectivity index (χ1) is 5.90. The van der Waals surface area contributed by atoms with E-state index in [0.29, 0.717) is 13.0 Å². The van der Waals surface area contributed by atoms with E-state index in [1.807, 2.05) is 0 Å². The maximum atomic E-state index is 11.5. The molecule has 0 aromatic heterocycles. The second kappa shape index (κ2) is 5.57. The van der Waals surface area contributed by atoms with Crippen LogP contribution >= 0.6 is 0 Å². The molecule has 5 heteroatoms. The Kier molecular flexibility index (Phi) is 5.51. The van der Waals surface area contributed by atoms with Crippen molar-refractivity contribution in [2.75, 3.05) is 19.5 Å². The Hall–Kier alpha value is -0.130. The molecule has 0 fully saturated rings. The number of rotatable bonds is 6. The Morgan fingerprint density at radius 2 is 1.92 bits per heavy atom. The number of sulfone groups is 1. The van der Waals surface area contributed by atoms with Gasteiger partial charge in [-0.2, -0.15) is 0 Å². The third-order valence-electron chi connectivity index (χ3n) is 1.84. The van der Waals surface area contributed by atoms with E-state index < -0.39 is 9.84 Å². The third-order valence-corrected chi connectivity index (χ3v) is 4.29. The highest BCUT2D eigenvalue weighted by atomic mass is 32.2. The quantitative estimate of drug-likeness (QED) is 0.677. The molecule has 0 rings (SSSR count). The predicted molar refractivity (Wildman–Crippen MR) is 53.4 cm³/mol. The maximum absolute atomic E-state index is 11.5. The van der Waals surface area contributed by atoms with Gasteiger partial charge in [0.05, 0.1) is 11.0 Å². The molecule has 0 aromatic rings. The lowest BCUT2D eigenvalue weighted by Crippen LogP contribution is -2.32. The molecule has 4 nitrogen and oxygen atoms in total. The van der Waals surface area contributed by atoms with Crippen molar-refractivity contribution in [1.29, 1.82) is 0 Å². The van der Waals surface area contributed by atoms with Crippen molar-refractivity contribution >= 4 is 9.84 Å². The monoisotopic (exact) mass is 209 g/mol. The lowest BCUT2D eigenvalue weighted by atomic mass is 10.3. The minimum absolute atomic E-state index is 0.0535. The van der Waals surface area contributed by atoms with Crippen LogP contribution in [0.4, 0.5) is 0 Å². The van der Waals surface area contributed by atoms with Crippen molar-refractivity contribution in [2.45, 2.75) is 31.6 Å². The third kappa shape index (κ3) is 5.23. The molecule has 0 amide bonds. The summed E-state index contributed by atoms with van der Waals surface area (Å²) in [6, 6.07) is -0.296. The first kappa shape index (κ1) is 12.9. The average Bonchev–Trinajstić information content (AvgIpc) is 1.97. The van der Waals surface area contributed by atoms with Gasteiger partial charge in [-0.1, -0.05) is 0 Å². The van der Waals surface area contributed by atoms with E-state index in [2.05, 4.69) is 0 Å².